The molecule has 2 amide bonds. The molecule has 2 bridgehead atoms. The van der Waals surface area contributed by atoms with Gasteiger partial charge in [0, 0.05) is 31.9 Å². The van der Waals surface area contributed by atoms with Crippen molar-refractivity contribution in [1.82, 2.24) is 15.0 Å². The van der Waals surface area contributed by atoms with E-state index in [4.69, 9.17) is 0 Å². The van der Waals surface area contributed by atoms with Crippen LogP contribution in [0.3, 0.4) is 0 Å². The zero-order chi connectivity index (χ0) is 18.4. The molecule has 0 aromatic carbocycles. The largest absolute Gasteiger partial charge is 0.366 e. The first-order valence-corrected chi connectivity index (χ1v) is 9.34. The molecule has 2 aromatic rings. The lowest BCUT2D eigenvalue weighted by Gasteiger charge is -2.35. The molecule has 2 aromatic heterocycles. The molecule has 1 saturated carbocycles. The number of nitrogens with one attached hydrogen (secondary N) is 1. The van der Waals surface area contributed by atoms with Crippen LogP contribution >= 0.6 is 0 Å². The van der Waals surface area contributed by atoms with Crippen molar-refractivity contribution in [1.29, 1.82) is 0 Å². The second-order valence-corrected chi connectivity index (χ2v) is 7.39. The summed E-state index contributed by atoms with van der Waals surface area (Å²) in [5.41, 5.74) is 1.35. The van der Waals surface area contributed by atoms with Crippen LogP contribution in [0.5, 0.6) is 0 Å². The predicted molar refractivity (Wildman–Crippen MR) is 100 cm³/mol. The molecule has 0 spiro atoms. The number of aromatic nitrogens is 3. The number of hydrogen-bond acceptors (Lipinski definition) is 6. The van der Waals surface area contributed by atoms with Crippen LogP contribution in [0.1, 0.15) is 36.2 Å². The number of pyridine rings is 1. The summed E-state index contributed by atoms with van der Waals surface area (Å²) in [6.07, 6.45) is 8.26. The van der Waals surface area contributed by atoms with Crippen molar-refractivity contribution in [3.63, 3.8) is 0 Å². The molecule has 0 unspecified atom stereocenters. The van der Waals surface area contributed by atoms with E-state index in [-0.39, 0.29) is 17.9 Å². The van der Waals surface area contributed by atoms with E-state index < -0.39 is 0 Å². The Morgan fingerprint density at radius 3 is 2.85 bits per heavy atom. The minimum absolute atomic E-state index is 0.0375. The molecule has 3 aliphatic rings. The summed E-state index contributed by atoms with van der Waals surface area (Å²) in [5, 5.41) is 2.80. The normalized spacial score (nSPS) is 20.4. The first-order chi connectivity index (χ1) is 13.2. The Labute approximate surface area is 156 Å². The molecule has 138 valence electrons. The van der Waals surface area contributed by atoms with E-state index in [0.717, 1.165) is 38.0 Å². The van der Waals surface area contributed by atoms with Crippen LogP contribution in [0.15, 0.2) is 30.7 Å². The highest BCUT2D eigenvalue weighted by atomic mass is 16.2. The molecule has 1 saturated heterocycles. The molecule has 1 N–H and O–H groups in total. The van der Waals surface area contributed by atoms with Crippen LogP contribution in [0.25, 0.3) is 0 Å². The number of ketones is 1. The van der Waals surface area contributed by atoms with Crippen molar-refractivity contribution < 1.29 is 9.59 Å². The van der Waals surface area contributed by atoms with Gasteiger partial charge in [0.2, 0.25) is 0 Å². The summed E-state index contributed by atoms with van der Waals surface area (Å²) < 4.78 is 0. The SMILES string of the molecule is O=C(CC1CC1)c1ccc2c(n1)N(C(=O)Nc1cnccn1)[C@H]1CCN2C1. The van der Waals surface area contributed by atoms with Crippen LogP contribution in [0, 0.1) is 5.92 Å². The molecule has 0 radical (unpaired) electrons. The molecule has 27 heavy (non-hydrogen) atoms. The maximum atomic E-state index is 13.0. The monoisotopic (exact) mass is 364 g/mol. The molecule has 8 nitrogen and oxygen atoms in total. The summed E-state index contributed by atoms with van der Waals surface area (Å²) in [6.45, 7) is 1.65. The van der Waals surface area contributed by atoms with Gasteiger partial charge in [0.25, 0.3) is 0 Å². The van der Waals surface area contributed by atoms with Gasteiger partial charge in [-0.3, -0.25) is 20.0 Å². The fraction of sp³-hybridized carbons (Fsp3) is 0.421. The average Bonchev–Trinajstić information content (AvgIpc) is 3.40. The van der Waals surface area contributed by atoms with Gasteiger partial charge in [-0.25, -0.2) is 14.8 Å². The standard InChI is InChI=1S/C19H20N6O2/c26-16(9-12-1-2-12)14-3-4-15-18(22-14)25(13-5-8-24(15)11-13)19(27)23-17-10-20-6-7-21-17/h3-4,6-7,10,12-13H,1-2,5,8-9,11H2,(H,21,23,27)/t13-/m0/s1. The van der Waals surface area contributed by atoms with Crippen LogP contribution in [0.4, 0.5) is 22.1 Å². The third-order valence-corrected chi connectivity index (χ3v) is 5.43. The van der Waals surface area contributed by atoms with E-state index in [1.807, 2.05) is 6.07 Å². The van der Waals surface area contributed by atoms with Gasteiger partial charge in [-0.1, -0.05) is 0 Å². The lowest BCUT2D eigenvalue weighted by molar-refractivity contribution is 0.0971. The minimum Gasteiger partial charge on any atom is -0.366 e. The third kappa shape index (κ3) is 3.01. The summed E-state index contributed by atoms with van der Waals surface area (Å²) in [7, 11) is 0. The van der Waals surface area contributed by atoms with E-state index in [1.165, 1.54) is 12.4 Å². The van der Waals surface area contributed by atoms with Crippen LogP contribution in [-0.2, 0) is 0 Å². The van der Waals surface area contributed by atoms with E-state index in [9.17, 15) is 9.59 Å². The van der Waals surface area contributed by atoms with Gasteiger partial charge in [0.1, 0.15) is 5.69 Å². The number of amides is 2. The first kappa shape index (κ1) is 16.2. The Kier molecular flexibility index (Phi) is 3.77. The van der Waals surface area contributed by atoms with E-state index in [0.29, 0.717) is 29.7 Å². The molecule has 2 fully saturated rings. The van der Waals surface area contributed by atoms with Gasteiger partial charge in [-0.05, 0) is 37.3 Å². The zero-order valence-electron chi connectivity index (χ0n) is 14.8. The summed E-state index contributed by atoms with van der Waals surface area (Å²) in [5.74, 6) is 1.52. The highest BCUT2D eigenvalue weighted by molar-refractivity contribution is 6.05. The number of anilines is 3. The van der Waals surface area contributed by atoms with Gasteiger partial charge in [-0.15, -0.1) is 0 Å². The quantitative estimate of drug-likeness (QED) is 0.838. The Hall–Kier alpha value is -3.03. The highest BCUT2D eigenvalue weighted by Gasteiger charge is 2.40. The highest BCUT2D eigenvalue weighted by Crippen LogP contribution is 2.40. The Morgan fingerprint density at radius 1 is 1.19 bits per heavy atom. The minimum atomic E-state index is -0.289. The smallest absolute Gasteiger partial charge is 0.329 e. The van der Waals surface area contributed by atoms with Crippen LogP contribution in [0.2, 0.25) is 0 Å². The van der Waals surface area contributed by atoms with Crippen molar-refractivity contribution >= 4 is 29.1 Å². The summed E-state index contributed by atoms with van der Waals surface area (Å²) >= 11 is 0. The van der Waals surface area contributed by atoms with Crippen molar-refractivity contribution in [2.24, 2.45) is 5.92 Å². The van der Waals surface area contributed by atoms with E-state index >= 15 is 0 Å². The molecular formula is C19H20N6O2. The summed E-state index contributed by atoms with van der Waals surface area (Å²) in [4.78, 5) is 42.1. The topological polar surface area (TPSA) is 91.3 Å². The zero-order valence-corrected chi connectivity index (χ0v) is 14.8. The van der Waals surface area contributed by atoms with E-state index in [1.54, 1.807) is 17.2 Å². The third-order valence-electron chi connectivity index (χ3n) is 5.43. The Bertz CT molecular complexity index is 898. The number of carbonyl (C=O) groups excluding carboxylic acids is 2. The van der Waals surface area contributed by atoms with Gasteiger partial charge in [0.15, 0.2) is 17.4 Å². The van der Waals surface area contributed by atoms with Gasteiger partial charge >= 0.3 is 6.03 Å². The second kappa shape index (κ2) is 6.29. The summed E-state index contributed by atoms with van der Waals surface area (Å²) in [6, 6.07) is 3.46. The lowest BCUT2D eigenvalue weighted by Crippen LogP contribution is -2.48. The molecule has 5 rings (SSSR count). The predicted octanol–water partition coefficient (Wildman–Crippen LogP) is 2.49. The first-order valence-electron chi connectivity index (χ1n) is 9.34. The number of fused-ring (bicyclic) bond motifs is 4. The number of carbonyl (C=O) groups is 2. The lowest BCUT2D eigenvalue weighted by atomic mass is 10.1. The number of nitrogens with zero attached hydrogens (tertiary/aromatic N) is 5. The van der Waals surface area contributed by atoms with Crippen molar-refractivity contribution in [3.8, 4) is 0 Å². The van der Waals surface area contributed by atoms with Gasteiger partial charge in [0.05, 0.1) is 17.9 Å². The van der Waals surface area contributed by atoms with Gasteiger partial charge < -0.3 is 4.90 Å². The van der Waals surface area contributed by atoms with Crippen LogP contribution < -0.4 is 15.1 Å². The van der Waals surface area contributed by atoms with Crippen molar-refractivity contribution in [2.75, 3.05) is 28.2 Å². The second-order valence-electron chi connectivity index (χ2n) is 7.39. The van der Waals surface area contributed by atoms with Crippen molar-refractivity contribution in [3.05, 3.63) is 36.4 Å². The Balaban J connectivity index is 1.47. The Morgan fingerprint density at radius 2 is 2.07 bits per heavy atom. The molecule has 1 atom stereocenters. The molecule has 8 heteroatoms. The average molecular weight is 364 g/mol. The van der Waals surface area contributed by atoms with Gasteiger partial charge in [-0.2, -0.15) is 0 Å². The van der Waals surface area contributed by atoms with Crippen molar-refractivity contribution in [2.45, 2.75) is 31.7 Å². The maximum Gasteiger partial charge on any atom is 0.329 e. The number of urea groups is 1. The fourth-order valence-corrected chi connectivity index (χ4v) is 3.85. The number of rotatable bonds is 4. The van der Waals surface area contributed by atoms with E-state index in [2.05, 4.69) is 25.2 Å². The maximum absolute atomic E-state index is 13.0. The van der Waals surface area contributed by atoms with Crippen LogP contribution in [-0.4, -0.2) is 45.9 Å². The fourth-order valence-electron chi connectivity index (χ4n) is 3.85. The number of hydrogen-bond donors (Lipinski definition) is 1. The molecule has 2 aliphatic heterocycles. The molecule has 4 heterocycles. The molecular weight excluding hydrogens is 344 g/mol. The number of Topliss-reactive ketones (excluding diaryl/α,β-unsaturated/α-hetero) is 1. The molecule has 1 aliphatic carbocycles.